The van der Waals surface area contributed by atoms with Crippen molar-refractivity contribution in [1.29, 1.82) is 0 Å². The third kappa shape index (κ3) is 5.01. The van der Waals surface area contributed by atoms with Gasteiger partial charge in [0.25, 0.3) is 0 Å². The molecule has 2 N–H and O–H groups in total. The van der Waals surface area contributed by atoms with Gasteiger partial charge in [-0.25, -0.2) is 13.4 Å². The molecular formula is C23H24N2O4S. The second kappa shape index (κ2) is 9.32. The van der Waals surface area contributed by atoms with E-state index in [0.717, 1.165) is 27.5 Å². The molecule has 0 bridgehead atoms. The van der Waals surface area contributed by atoms with Gasteiger partial charge >= 0.3 is 0 Å². The second-order valence-corrected chi connectivity index (χ2v) is 8.25. The standard InChI is InChI=1S/C16H16N2O.C7H8O3S/c1-17-15-8-7-12-9-11-5-3-4-6-14(11)18-16(12)13(15)10-19-2;1-6-2-4-7(5-3-6)11(8,9)10/h3-9,17H,10H2,1-2H3;2-5H,1H3,(H,8,9,10). The van der Waals surface area contributed by atoms with Gasteiger partial charge in [-0.3, -0.25) is 0 Å². The van der Waals surface area contributed by atoms with Crippen molar-refractivity contribution in [3.8, 4) is 0 Å². The van der Waals surface area contributed by atoms with Gasteiger partial charge in [-0.1, -0.05) is 35.9 Å². The van der Waals surface area contributed by atoms with Crippen LogP contribution in [0.1, 0.15) is 11.1 Å². The fraction of sp³-hybridized carbons (Fsp3) is 0.174. The van der Waals surface area contributed by atoms with Crippen LogP contribution < -0.4 is 5.32 Å². The molecule has 3 aromatic carbocycles. The Kier molecular flexibility index (Phi) is 6.79. The van der Waals surface area contributed by atoms with Crippen LogP contribution in [0.15, 0.2) is 71.6 Å². The molecule has 0 amide bonds. The van der Waals surface area contributed by atoms with Crippen LogP contribution in [0, 0.1) is 6.92 Å². The summed E-state index contributed by atoms with van der Waals surface area (Å²) in [6, 6.07) is 20.4. The van der Waals surface area contributed by atoms with Gasteiger partial charge < -0.3 is 14.6 Å². The predicted molar refractivity (Wildman–Crippen MR) is 117 cm³/mol. The van der Waals surface area contributed by atoms with E-state index in [0.29, 0.717) is 6.61 Å². The molecule has 1 heterocycles. The lowest BCUT2D eigenvalue weighted by Crippen LogP contribution is -2.73. The van der Waals surface area contributed by atoms with E-state index in [1.165, 1.54) is 23.2 Å². The fourth-order valence-corrected chi connectivity index (χ4v) is 3.66. The highest BCUT2D eigenvalue weighted by Gasteiger charge is 2.11. The smallest absolute Gasteiger partial charge is 0.137 e. The number of fused-ring (bicyclic) bond motifs is 2. The Hall–Kier alpha value is -2.84. The van der Waals surface area contributed by atoms with E-state index in [-0.39, 0.29) is 4.90 Å². The largest absolute Gasteiger partial charge is 0.744 e. The number of aryl methyl sites for hydroxylation is 1. The molecule has 0 aliphatic carbocycles. The summed E-state index contributed by atoms with van der Waals surface area (Å²) in [7, 11) is -0.505. The number of para-hydroxylation sites is 1. The second-order valence-electron chi connectivity index (χ2n) is 6.87. The van der Waals surface area contributed by atoms with E-state index in [9.17, 15) is 13.0 Å². The molecule has 0 aliphatic rings. The lowest BCUT2D eigenvalue weighted by Gasteiger charge is -2.09. The number of aromatic nitrogens is 1. The Morgan fingerprint density at radius 2 is 1.70 bits per heavy atom. The highest BCUT2D eigenvalue weighted by molar-refractivity contribution is 7.85. The zero-order valence-corrected chi connectivity index (χ0v) is 17.9. The van der Waals surface area contributed by atoms with Crippen LogP contribution in [0.25, 0.3) is 21.8 Å². The molecule has 30 heavy (non-hydrogen) atoms. The molecule has 4 rings (SSSR count). The van der Waals surface area contributed by atoms with Crippen molar-refractivity contribution >= 4 is 37.6 Å². The summed E-state index contributed by atoms with van der Waals surface area (Å²) >= 11 is 0. The molecule has 156 valence electrons. The number of pyridine rings is 1. The van der Waals surface area contributed by atoms with Gasteiger partial charge in [0.2, 0.25) is 0 Å². The maximum Gasteiger partial charge on any atom is 0.137 e. The first-order valence-electron chi connectivity index (χ1n) is 9.45. The highest BCUT2D eigenvalue weighted by Crippen LogP contribution is 2.26. The van der Waals surface area contributed by atoms with Gasteiger partial charge in [0.15, 0.2) is 0 Å². The summed E-state index contributed by atoms with van der Waals surface area (Å²) in [6.45, 7) is 2.41. The molecule has 0 spiro atoms. The average Bonchev–Trinajstić information content (AvgIpc) is 2.73. The Morgan fingerprint density at radius 3 is 2.33 bits per heavy atom. The SMILES string of the molecule is C[NH2+]c1ccc2cc3ccccc3nc2c1COC.Cc1ccc(S(=O)(=O)[O-])cc1. The van der Waals surface area contributed by atoms with Gasteiger partial charge in [0.1, 0.15) is 15.8 Å². The number of methoxy groups -OCH3 is 1. The van der Waals surface area contributed by atoms with Gasteiger partial charge in [-0.15, -0.1) is 0 Å². The molecule has 0 radical (unpaired) electrons. The van der Waals surface area contributed by atoms with Crippen molar-refractivity contribution in [3.63, 3.8) is 0 Å². The molecule has 0 saturated heterocycles. The Balaban J connectivity index is 0.000000199. The maximum absolute atomic E-state index is 10.4. The minimum absolute atomic E-state index is 0.178. The summed E-state index contributed by atoms with van der Waals surface area (Å²) in [4.78, 5) is 4.63. The molecular weight excluding hydrogens is 400 g/mol. The third-order valence-electron chi connectivity index (χ3n) is 4.74. The first-order valence-corrected chi connectivity index (χ1v) is 10.9. The van der Waals surface area contributed by atoms with Crippen LogP contribution in [0.3, 0.4) is 0 Å². The van der Waals surface area contributed by atoms with Gasteiger partial charge in [0.05, 0.1) is 35.1 Å². The van der Waals surface area contributed by atoms with Crippen molar-refractivity contribution in [2.75, 3.05) is 14.2 Å². The first-order chi connectivity index (χ1) is 14.3. The molecule has 0 fully saturated rings. The number of hydrogen-bond acceptors (Lipinski definition) is 5. The van der Waals surface area contributed by atoms with Crippen LogP contribution in [-0.2, 0) is 21.5 Å². The molecule has 4 aromatic rings. The average molecular weight is 425 g/mol. The Bertz CT molecular complexity index is 1270. The summed E-state index contributed by atoms with van der Waals surface area (Å²) in [5.74, 6) is 0. The molecule has 7 heteroatoms. The number of hydrogen-bond donors (Lipinski definition) is 1. The maximum atomic E-state index is 10.4. The predicted octanol–water partition coefficient (Wildman–Crippen LogP) is 3.26. The van der Waals surface area contributed by atoms with Crippen molar-refractivity contribution in [2.45, 2.75) is 18.4 Å². The molecule has 6 nitrogen and oxygen atoms in total. The first kappa shape index (κ1) is 21.9. The van der Waals surface area contributed by atoms with E-state index in [1.54, 1.807) is 19.2 Å². The van der Waals surface area contributed by atoms with E-state index in [2.05, 4.69) is 29.6 Å². The number of benzene rings is 3. The summed E-state index contributed by atoms with van der Waals surface area (Å²) < 4.78 is 36.5. The topological polar surface area (TPSA) is 95.9 Å². The minimum atomic E-state index is -4.27. The molecule has 0 unspecified atom stereocenters. The van der Waals surface area contributed by atoms with Crippen LogP contribution >= 0.6 is 0 Å². The van der Waals surface area contributed by atoms with Crippen molar-refractivity contribution in [1.82, 2.24) is 4.98 Å². The van der Waals surface area contributed by atoms with Gasteiger partial charge in [-0.2, -0.15) is 0 Å². The van der Waals surface area contributed by atoms with Crippen LogP contribution in [0.2, 0.25) is 0 Å². The number of nitrogens with two attached hydrogens (primary N) is 1. The Morgan fingerprint density at radius 1 is 1.00 bits per heavy atom. The van der Waals surface area contributed by atoms with Crippen molar-refractivity contribution in [2.24, 2.45) is 0 Å². The van der Waals surface area contributed by atoms with E-state index < -0.39 is 10.1 Å². The summed E-state index contributed by atoms with van der Waals surface area (Å²) in [6.07, 6.45) is 0. The van der Waals surface area contributed by atoms with Crippen LogP contribution in [0.4, 0.5) is 5.69 Å². The highest BCUT2D eigenvalue weighted by atomic mass is 32.2. The van der Waals surface area contributed by atoms with Crippen LogP contribution in [0.5, 0.6) is 0 Å². The number of nitrogens with zero attached hydrogens (tertiary/aromatic N) is 1. The van der Waals surface area contributed by atoms with E-state index >= 15 is 0 Å². The van der Waals surface area contributed by atoms with E-state index in [4.69, 9.17) is 9.72 Å². The van der Waals surface area contributed by atoms with E-state index in [1.807, 2.05) is 32.2 Å². The molecule has 0 atom stereocenters. The third-order valence-corrected chi connectivity index (χ3v) is 5.59. The van der Waals surface area contributed by atoms with Crippen LogP contribution in [-0.4, -0.2) is 32.1 Å². The summed E-state index contributed by atoms with van der Waals surface area (Å²) in [5.41, 5.74) is 5.35. The minimum Gasteiger partial charge on any atom is -0.744 e. The van der Waals surface area contributed by atoms with Gasteiger partial charge in [-0.05, 0) is 37.3 Å². The lowest BCUT2D eigenvalue weighted by molar-refractivity contribution is -0.540. The monoisotopic (exact) mass is 424 g/mol. The van der Waals surface area contributed by atoms with Crippen molar-refractivity contribution < 1.29 is 23.0 Å². The molecule has 1 aromatic heterocycles. The number of rotatable bonds is 4. The lowest BCUT2D eigenvalue weighted by atomic mass is 10.1. The summed E-state index contributed by atoms with van der Waals surface area (Å²) in [5, 5.41) is 4.44. The number of quaternary nitrogens is 1. The van der Waals surface area contributed by atoms with Gasteiger partial charge in [0, 0.05) is 23.9 Å². The Labute approximate surface area is 176 Å². The quantitative estimate of drug-likeness (QED) is 0.308. The fourth-order valence-electron chi connectivity index (χ4n) is 3.19. The normalized spacial score (nSPS) is 11.3. The molecule has 0 aliphatic heterocycles. The zero-order valence-electron chi connectivity index (χ0n) is 17.1. The molecule has 0 saturated carbocycles. The zero-order chi connectivity index (χ0) is 21.7. The number of ether oxygens (including phenoxy) is 1. The van der Waals surface area contributed by atoms with Crippen molar-refractivity contribution in [3.05, 3.63) is 77.9 Å².